The van der Waals surface area contributed by atoms with Gasteiger partial charge in [0.15, 0.2) is 0 Å². The molecule has 0 saturated carbocycles. The Morgan fingerprint density at radius 2 is 2.31 bits per heavy atom. The van der Waals surface area contributed by atoms with Gasteiger partial charge >= 0.3 is 12.1 Å². The zero-order valence-corrected chi connectivity index (χ0v) is 9.39. The van der Waals surface area contributed by atoms with Crippen LogP contribution in [0.25, 0.3) is 0 Å². The third-order valence-electron chi connectivity index (χ3n) is 2.71. The highest BCUT2D eigenvalue weighted by Crippen LogP contribution is 2.23. The lowest BCUT2D eigenvalue weighted by atomic mass is 9.93. The molecule has 1 heterocycles. The van der Waals surface area contributed by atoms with Gasteiger partial charge in [-0.25, -0.2) is 9.59 Å². The van der Waals surface area contributed by atoms with Gasteiger partial charge in [0.05, 0.1) is 0 Å². The molecule has 5 nitrogen and oxygen atoms in total. The Labute approximate surface area is 94.7 Å². The van der Waals surface area contributed by atoms with Gasteiger partial charge in [-0.15, -0.1) is 0 Å². The minimum Gasteiger partial charge on any atom is -0.480 e. The molecule has 0 aliphatic carbocycles. The first-order chi connectivity index (χ1) is 7.56. The second-order valence-corrected chi connectivity index (χ2v) is 4.04. The van der Waals surface area contributed by atoms with Gasteiger partial charge in [0.2, 0.25) is 0 Å². The fraction of sp³-hybridized carbons (Fsp3) is 0.636. The Hall–Kier alpha value is -1.52. The molecule has 1 saturated heterocycles. The van der Waals surface area contributed by atoms with Crippen molar-refractivity contribution in [3.8, 4) is 0 Å². The molecular weight excluding hydrogens is 210 g/mol. The van der Waals surface area contributed by atoms with Gasteiger partial charge in [0.1, 0.15) is 12.6 Å². The Morgan fingerprint density at radius 1 is 1.62 bits per heavy atom. The number of piperidine rings is 1. The quantitative estimate of drug-likeness (QED) is 0.742. The smallest absolute Gasteiger partial charge is 0.410 e. The zero-order chi connectivity index (χ0) is 12.1. The molecule has 0 spiro atoms. The number of hydrogen-bond acceptors (Lipinski definition) is 3. The Kier molecular flexibility index (Phi) is 4.34. The predicted molar refractivity (Wildman–Crippen MR) is 58.1 cm³/mol. The standard InChI is InChI=1S/C11H17NO4/c1-3-6-16-11(15)12-5-4-8(2)7-9(12)10(13)14/h3,8-9H,1,4-7H2,2H3,(H,13,14). The summed E-state index contributed by atoms with van der Waals surface area (Å²) in [4.78, 5) is 23.9. The summed E-state index contributed by atoms with van der Waals surface area (Å²) in [6, 6.07) is -0.763. The first kappa shape index (κ1) is 12.5. The van der Waals surface area contributed by atoms with E-state index in [9.17, 15) is 9.59 Å². The maximum Gasteiger partial charge on any atom is 0.410 e. The molecule has 1 aliphatic heterocycles. The van der Waals surface area contributed by atoms with E-state index in [-0.39, 0.29) is 6.61 Å². The number of carboxylic acids is 1. The van der Waals surface area contributed by atoms with Gasteiger partial charge < -0.3 is 9.84 Å². The summed E-state index contributed by atoms with van der Waals surface area (Å²) in [7, 11) is 0. The van der Waals surface area contributed by atoms with Gasteiger partial charge in [-0.1, -0.05) is 19.6 Å². The minimum absolute atomic E-state index is 0.108. The molecule has 1 aliphatic rings. The van der Waals surface area contributed by atoms with Crippen molar-refractivity contribution in [2.24, 2.45) is 5.92 Å². The third kappa shape index (κ3) is 2.98. The third-order valence-corrected chi connectivity index (χ3v) is 2.71. The monoisotopic (exact) mass is 227 g/mol. The van der Waals surface area contributed by atoms with Crippen LogP contribution in [0.15, 0.2) is 12.7 Å². The number of amides is 1. The van der Waals surface area contributed by atoms with Crippen LogP contribution in [0, 0.1) is 5.92 Å². The van der Waals surface area contributed by atoms with Gasteiger partial charge in [-0.3, -0.25) is 4.90 Å². The summed E-state index contributed by atoms with van der Waals surface area (Å²) in [5.41, 5.74) is 0. The molecule has 1 N–H and O–H groups in total. The molecule has 1 amide bonds. The van der Waals surface area contributed by atoms with E-state index < -0.39 is 18.1 Å². The van der Waals surface area contributed by atoms with Crippen LogP contribution in [0.3, 0.4) is 0 Å². The van der Waals surface area contributed by atoms with Crippen LogP contribution in [0.2, 0.25) is 0 Å². The summed E-state index contributed by atoms with van der Waals surface area (Å²) in [6.07, 6.45) is 2.19. The first-order valence-corrected chi connectivity index (χ1v) is 5.33. The molecule has 0 aromatic rings. The van der Waals surface area contributed by atoms with Gasteiger partial charge in [0, 0.05) is 6.54 Å². The summed E-state index contributed by atoms with van der Waals surface area (Å²) in [5.74, 6) is -0.647. The molecule has 1 rings (SSSR count). The molecule has 16 heavy (non-hydrogen) atoms. The number of rotatable bonds is 3. The van der Waals surface area contributed by atoms with Crippen LogP contribution >= 0.6 is 0 Å². The molecule has 90 valence electrons. The molecular formula is C11H17NO4. The summed E-state index contributed by atoms with van der Waals surface area (Å²) >= 11 is 0. The molecule has 5 heteroatoms. The van der Waals surface area contributed by atoms with Crippen LogP contribution in [-0.4, -0.2) is 41.3 Å². The van der Waals surface area contributed by atoms with Crippen molar-refractivity contribution in [3.05, 3.63) is 12.7 Å². The summed E-state index contributed by atoms with van der Waals surface area (Å²) in [5, 5.41) is 9.03. The number of ether oxygens (including phenoxy) is 1. The van der Waals surface area contributed by atoms with E-state index in [1.807, 2.05) is 6.92 Å². The van der Waals surface area contributed by atoms with Crippen LogP contribution in [0.4, 0.5) is 4.79 Å². The van der Waals surface area contributed by atoms with E-state index in [0.717, 1.165) is 6.42 Å². The normalized spacial score (nSPS) is 24.9. The molecule has 0 aromatic carbocycles. The Balaban J connectivity index is 2.64. The van der Waals surface area contributed by atoms with Gasteiger partial charge in [-0.05, 0) is 18.8 Å². The lowest BCUT2D eigenvalue weighted by Gasteiger charge is -2.34. The van der Waals surface area contributed by atoms with Gasteiger partial charge in [0.25, 0.3) is 0 Å². The fourth-order valence-corrected chi connectivity index (χ4v) is 1.81. The van der Waals surface area contributed by atoms with E-state index in [1.54, 1.807) is 0 Å². The maximum atomic E-state index is 11.6. The minimum atomic E-state index is -0.970. The maximum absolute atomic E-state index is 11.6. The topological polar surface area (TPSA) is 66.8 Å². The van der Waals surface area contributed by atoms with Crippen LogP contribution in [-0.2, 0) is 9.53 Å². The van der Waals surface area contributed by atoms with Crippen LogP contribution in [0.1, 0.15) is 19.8 Å². The number of carbonyl (C=O) groups excluding carboxylic acids is 1. The van der Waals surface area contributed by atoms with Crippen molar-refractivity contribution in [3.63, 3.8) is 0 Å². The van der Waals surface area contributed by atoms with Crippen molar-refractivity contribution in [1.29, 1.82) is 0 Å². The second kappa shape index (κ2) is 5.53. The lowest BCUT2D eigenvalue weighted by Crippen LogP contribution is -2.50. The molecule has 0 bridgehead atoms. The summed E-state index contributed by atoms with van der Waals surface area (Å²) in [6.45, 7) is 5.97. The highest BCUT2D eigenvalue weighted by Gasteiger charge is 2.35. The number of likely N-dealkylation sites (tertiary alicyclic amines) is 1. The number of nitrogens with zero attached hydrogens (tertiary/aromatic N) is 1. The SMILES string of the molecule is C=CCOC(=O)N1CCC(C)CC1C(=O)O. The number of carbonyl (C=O) groups is 2. The van der Waals surface area contributed by atoms with E-state index in [1.165, 1.54) is 11.0 Å². The second-order valence-electron chi connectivity index (χ2n) is 4.04. The van der Waals surface area contributed by atoms with Crippen LogP contribution in [0.5, 0.6) is 0 Å². The number of carboxylic acid groups (broad SMARTS) is 1. The summed E-state index contributed by atoms with van der Waals surface area (Å²) < 4.78 is 4.85. The first-order valence-electron chi connectivity index (χ1n) is 5.33. The molecule has 2 unspecified atom stereocenters. The highest BCUT2D eigenvalue weighted by molar-refractivity contribution is 5.80. The van der Waals surface area contributed by atoms with Crippen molar-refractivity contribution in [2.75, 3.05) is 13.2 Å². The number of hydrogen-bond donors (Lipinski definition) is 1. The van der Waals surface area contributed by atoms with Crippen molar-refractivity contribution < 1.29 is 19.4 Å². The van der Waals surface area contributed by atoms with Crippen LogP contribution < -0.4 is 0 Å². The molecule has 1 fully saturated rings. The van der Waals surface area contributed by atoms with E-state index in [4.69, 9.17) is 9.84 Å². The van der Waals surface area contributed by atoms with E-state index in [2.05, 4.69) is 6.58 Å². The Bertz CT molecular complexity index is 290. The highest BCUT2D eigenvalue weighted by atomic mass is 16.6. The van der Waals surface area contributed by atoms with Crippen molar-refractivity contribution in [2.45, 2.75) is 25.8 Å². The van der Waals surface area contributed by atoms with Crippen molar-refractivity contribution in [1.82, 2.24) is 4.90 Å². The largest absolute Gasteiger partial charge is 0.480 e. The molecule has 0 aromatic heterocycles. The average Bonchev–Trinajstić information content (AvgIpc) is 2.25. The lowest BCUT2D eigenvalue weighted by molar-refractivity contribution is -0.144. The van der Waals surface area contributed by atoms with E-state index in [0.29, 0.717) is 18.9 Å². The average molecular weight is 227 g/mol. The zero-order valence-electron chi connectivity index (χ0n) is 9.39. The predicted octanol–water partition coefficient (Wildman–Crippen LogP) is 1.49. The fourth-order valence-electron chi connectivity index (χ4n) is 1.81. The Morgan fingerprint density at radius 3 is 2.88 bits per heavy atom. The number of aliphatic carboxylic acids is 1. The molecule has 0 radical (unpaired) electrons. The van der Waals surface area contributed by atoms with Gasteiger partial charge in [-0.2, -0.15) is 0 Å². The van der Waals surface area contributed by atoms with E-state index >= 15 is 0 Å². The van der Waals surface area contributed by atoms with Crippen molar-refractivity contribution >= 4 is 12.1 Å². The molecule has 2 atom stereocenters.